The summed E-state index contributed by atoms with van der Waals surface area (Å²) < 4.78 is 6.41. The van der Waals surface area contributed by atoms with Crippen molar-refractivity contribution in [1.82, 2.24) is 0 Å². The molecular weight excluding hydrogens is 448 g/mol. The molecule has 0 N–H and O–H groups in total. The zero-order valence-corrected chi connectivity index (χ0v) is 21.6. The van der Waals surface area contributed by atoms with Crippen LogP contribution < -0.4 is 0 Å². The summed E-state index contributed by atoms with van der Waals surface area (Å²) in [5.41, 5.74) is 15.3. The molecule has 8 rings (SSSR count). The lowest BCUT2D eigenvalue weighted by Crippen LogP contribution is -2.14. The average Bonchev–Trinajstić information content (AvgIpc) is 3.47. The molecule has 0 amide bonds. The number of hydrogen-bond donors (Lipinski definition) is 0. The van der Waals surface area contributed by atoms with Crippen molar-refractivity contribution in [2.24, 2.45) is 0 Å². The smallest absolute Gasteiger partial charge is 0.135 e. The number of fused-ring (bicyclic) bond motifs is 9. The Bertz CT molecular complexity index is 1930. The van der Waals surface area contributed by atoms with Gasteiger partial charge in [0.25, 0.3) is 0 Å². The molecule has 0 saturated heterocycles. The van der Waals surface area contributed by atoms with Crippen LogP contribution in [-0.2, 0) is 10.8 Å². The number of hydrogen-bond acceptors (Lipinski definition) is 1. The molecule has 1 aromatic heterocycles. The molecule has 0 fully saturated rings. The molecule has 1 nitrogen and oxygen atoms in total. The normalized spacial score (nSPS) is 16.0. The van der Waals surface area contributed by atoms with E-state index in [9.17, 15) is 0 Å². The number of rotatable bonds is 1. The van der Waals surface area contributed by atoms with Gasteiger partial charge in [0.05, 0.1) is 0 Å². The van der Waals surface area contributed by atoms with E-state index in [2.05, 4.69) is 125 Å². The molecule has 1 heteroatoms. The maximum absolute atomic E-state index is 6.41. The third kappa shape index (κ3) is 2.64. The fourth-order valence-electron chi connectivity index (χ4n) is 7.03. The zero-order valence-electron chi connectivity index (χ0n) is 21.6. The van der Waals surface area contributed by atoms with Crippen LogP contribution in [0.25, 0.3) is 55.3 Å². The number of benzene rings is 5. The summed E-state index contributed by atoms with van der Waals surface area (Å²) in [6.07, 6.45) is 0. The molecule has 0 bridgehead atoms. The molecular formula is C36H28O. The van der Waals surface area contributed by atoms with Gasteiger partial charge in [0.2, 0.25) is 0 Å². The van der Waals surface area contributed by atoms with Gasteiger partial charge in [-0.05, 0) is 86.0 Å². The van der Waals surface area contributed by atoms with Crippen molar-refractivity contribution >= 4 is 21.9 Å². The monoisotopic (exact) mass is 476 g/mol. The molecule has 37 heavy (non-hydrogen) atoms. The minimum Gasteiger partial charge on any atom is -0.456 e. The van der Waals surface area contributed by atoms with Crippen LogP contribution >= 0.6 is 0 Å². The fraction of sp³-hybridized carbons (Fsp3) is 0.167. The highest BCUT2D eigenvalue weighted by atomic mass is 16.3. The van der Waals surface area contributed by atoms with Crippen LogP contribution in [0, 0.1) is 0 Å². The van der Waals surface area contributed by atoms with Crippen LogP contribution in [-0.4, -0.2) is 0 Å². The first kappa shape index (κ1) is 21.0. The van der Waals surface area contributed by atoms with Gasteiger partial charge in [-0.2, -0.15) is 0 Å². The van der Waals surface area contributed by atoms with Gasteiger partial charge in [0, 0.05) is 21.6 Å². The molecule has 1 heterocycles. The molecule has 0 saturated carbocycles. The van der Waals surface area contributed by atoms with E-state index in [0.717, 1.165) is 11.2 Å². The highest BCUT2D eigenvalue weighted by molar-refractivity contribution is 6.09. The predicted molar refractivity (Wildman–Crippen MR) is 154 cm³/mol. The van der Waals surface area contributed by atoms with Gasteiger partial charge in [-0.1, -0.05) is 94.4 Å². The second kappa shape index (κ2) is 6.81. The van der Waals surface area contributed by atoms with Gasteiger partial charge >= 0.3 is 0 Å². The summed E-state index contributed by atoms with van der Waals surface area (Å²) in [6, 6.07) is 35.9. The van der Waals surface area contributed by atoms with E-state index < -0.39 is 0 Å². The summed E-state index contributed by atoms with van der Waals surface area (Å²) in [5.74, 6) is 0. The first-order valence-corrected chi connectivity index (χ1v) is 13.2. The topological polar surface area (TPSA) is 13.1 Å². The van der Waals surface area contributed by atoms with Gasteiger partial charge in [-0.15, -0.1) is 0 Å². The third-order valence-electron chi connectivity index (χ3n) is 9.09. The Labute approximate surface area is 217 Å². The van der Waals surface area contributed by atoms with E-state index in [1.807, 2.05) is 0 Å². The van der Waals surface area contributed by atoms with Crippen molar-refractivity contribution in [2.75, 3.05) is 0 Å². The molecule has 6 aromatic rings. The Morgan fingerprint density at radius 3 is 1.70 bits per heavy atom. The summed E-state index contributed by atoms with van der Waals surface area (Å²) >= 11 is 0. The zero-order chi connectivity index (χ0) is 25.1. The van der Waals surface area contributed by atoms with Crippen molar-refractivity contribution < 1.29 is 4.42 Å². The Hall–Kier alpha value is -4.10. The molecule has 5 aromatic carbocycles. The maximum Gasteiger partial charge on any atom is 0.135 e. The largest absolute Gasteiger partial charge is 0.456 e. The Kier molecular flexibility index (Phi) is 3.87. The molecule has 178 valence electrons. The standard InChI is InChI=1S/C36H28O/c1-35(2)29-11-7-5-9-23(29)25-15-13-22(18-31(25)35)21-14-16-33-27(17-21)28-19-26-24-10-6-8-12-30(24)36(3,4)32(26)20-34(28)37-33/h5-20H,1-4H3. The minimum atomic E-state index is -0.0287. The van der Waals surface area contributed by atoms with Crippen molar-refractivity contribution in [3.05, 3.63) is 119 Å². The van der Waals surface area contributed by atoms with E-state index in [-0.39, 0.29) is 10.8 Å². The van der Waals surface area contributed by atoms with Gasteiger partial charge in [-0.25, -0.2) is 0 Å². The Balaban J connectivity index is 1.31. The van der Waals surface area contributed by atoms with Crippen molar-refractivity contribution in [3.8, 4) is 33.4 Å². The second-order valence-corrected chi connectivity index (χ2v) is 11.8. The van der Waals surface area contributed by atoms with Crippen molar-refractivity contribution in [2.45, 2.75) is 38.5 Å². The first-order valence-electron chi connectivity index (χ1n) is 13.2. The van der Waals surface area contributed by atoms with Gasteiger partial charge < -0.3 is 4.42 Å². The van der Waals surface area contributed by atoms with Crippen LogP contribution in [0.15, 0.2) is 101 Å². The van der Waals surface area contributed by atoms with Crippen LogP contribution in [0.4, 0.5) is 0 Å². The van der Waals surface area contributed by atoms with Crippen LogP contribution in [0.1, 0.15) is 49.9 Å². The van der Waals surface area contributed by atoms with Crippen LogP contribution in [0.5, 0.6) is 0 Å². The fourth-order valence-corrected chi connectivity index (χ4v) is 7.03. The van der Waals surface area contributed by atoms with E-state index in [1.165, 1.54) is 66.4 Å². The highest BCUT2D eigenvalue weighted by Gasteiger charge is 2.37. The lowest BCUT2D eigenvalue weighted by atomic mass is 9.81. The van der Waals surface area contributed by atoms with Crippen molar-refractivity contribution in [1.29, 1.82) is 0 Å². The van der Waals surface area contributed by atoms with Gasteiger partial charge in [-0.3, -0.25) is 0 Å². The average molecular weight is 477 g/mol. The molecule has 2 aliphatic rings. The lowest BCUT2D eigenvalue weighted by molar-refractivity contribution is 0.647. The first-order chi connectivity index (χ1) is 17.8. The van der Waals surface area contributed by atoms with E-state index in [4.69, 9.17) is 4.42 Å². The molecule has 0 aliphatic heterocycles. The lowest BCUT2D eigenvalue weighted by Gasteiger charge is -2.22. The molecule has 2 aliphatic carbocycles. The van der Waals surface area contributed by atoms with Crippen LogP contribution in [0.2, 0.25) is 0 Å². The van der Waals surface area contributed by atoms with Gasteiger partial charge in [0.15, 0.2) is 0 Å². The highest BCUT2D eigenvalue weighted by Crippen LogP contribution is 2.52. The quantitative estimate of drug-likeness (QED) is 0.230. The summed E-state index contributed by atoms with van der Waals surface area (Å²) in [5, 5.41) is 2.37. The SMILES string of the molecule is CC1(C)c2ccccc2-c2ccc(-c3ccc4oc5cc6c(cc5c4c3)-c3ccccc3C6(C)C)cc21. The summed E-state index contributed by atoms with van der Waals surface area (Å²) in [7, 11) is 0. The summed E-state index contributed by atoms with van der Waals surface area (Å²) in [6.45, 7) is 9.32. The molecule has 0 unspecified atom stereocenters. The van der Waals surface area contributed by atoms with E-state index >= 15 is 0 Å². The Morgan fingerprint density at radius 2 is 0.973 bits per heavy atom. The second-order valence-electron chi connectivity index (χ2n) is 11.8. The number of furan rings is 1. The van der Waals surface area contributed by atoms with E-state index in [1.54, 1.807) is 0 Å². The predicted octanol–water partition coefficient (Wildman–Crippen LogP) is 9.87. The minimum absolute atomic E-state index is 0.00484. The van der Waals surface area contributed by atoms with Crippen LogP contribution in [0.3, 0.4) is 0 Å². The van der Waals surface area contributed by atoms with Crippen molar-refractivity contribution in [3.63, 3.8) is 0 Å². The maximum atomic E-state index is 6.41. The molecule has 0 atom stereocenters. The van der Waals surface area contributed by atoms with Gasteiger partial charge in [0.1, 0.15) is 11.2 Å². The Morgan fingerprint density at radius 1 is 0.432 bits per heavy atom. The molecule has 0 spiro atoms. The van der Waals surface area contributed by atoms with E-state index in [0.29, 0.717) is 0 Å². The third-order valence-corrected chi connectivity index (χ3v) is 9.09. The molecule has 0 radical (unpaired) electrons. The summed E-state index contributed by atoms with van der Waals surface area (Å²) in [4.78, 5) is 0.